The van der Waals surface area contributed by atoms with Gasteiger partial charge in [0.05, 0.1) is 19.3 Å². The lowest BCUT2D eigenvalue weighted by atomic mass is 9.92. The molecule has 0 radical (unpaired) electrons. The van der Waals surface area contributed by atoms with Crippen molar-refractivity contribution in [2.45, 2.75) is 38.3 Å². The van der Waals surface area contributed by atoms with Crippen molar-refractivity contribution in [1.29, 1.82) is 0 Å². The quantitative estimate of drug-likeness (QED) is 0.735. The van der Waals surface area contributed by atoms with E-state index in [1.54, 1.807) is 0 Å². The molecule has 15 heavy (non-hydrogen) atoms. The van der Waals surface area contributed by atoms with Crippen molar-refractivity contribution in [3.05, 3.63) is 0 Å². The first-order valence-electron chi connectivity index (χ1n) is 5.90. The number of nitrogens with one attached hydrogen (secondary N) is 1. The predicted molar refractivity (Wildman–Crippen MR) is 57.6 cm³/mol. The Hall–Kier alpha value is -0.610. The highest BCUT2D eigenvalue weighted by Crippen LogP contribution is 2.18. The summed E-state index contributed by atoms with van der Waals surface area (Å²) < 4.78 is 5.23. The summed E-state index contributed by atoms with van der Waals surface area (Å²) in [6.45, 7) is 4.82. The molecule has 1 N–H and O–H groups in total. The topological polar surface area (TPSA) is 41.6 Å². The monoisotopic (exact) mass is 212 g/mol. The molecule has 1 heterocycles. The molecule has 2 fully saturated rings. The van der Waals surface area contributed by atoms with E-state index in [0.717, 1.165) is 13.1 Å². The van der Waals surface area contributed by atoms with Crippen LogP contribution in [-0.2, 0) is 9.53 Å². The van der Waals surface area contributed by atoms with Crippen molar-refractivity contribution in [2.24, 2.45) is 0 Å². The number of morpholine rings is 1. The highest BCUT2D eigenvalue weighted by molar-refractivity contribution is 5.81. The van der Waals surface area contributed by atoms with Gasteiger partial charge in [-0.1, -0.05) is 6.42 Å². The van der Waals surface area contributed by atoms with E-state index in [2.05, 4.69) is 5.32 Å². The minimum atomic E-state index is -0.0339. The Morgan fingerprint density at radius 3 is 2.60 bits per heavy atom. The van der Waals surface area contributed by atoms with Gasteiger partial charge in [0.25, 0.3) is 0 Å². The predicted octanol–water partition coefficient (Wildman–Crippen LogP) is 0.376. The molecule has 1 aliphatic carbocycles. The molecule has 2 aliphatic rings. The second-order valence-corrected chi connectivity index (χ2v) is 4.45. The van der Waals surface area contributed by atoms with E-state index in [1.807, 2.05) is 11.8 Å². The summed E-state index contributed by atoms with van der Waals surface area (Å²) in [5.41, 5.74) is 0. The van der Waals surface area contributed by atoms with Crippen molar-refractivity contribution in [3.8, 4) is 0 Å². The Kier molecular flexibility index (Phi) is 3.59. The average Bonchev–Trinajstić information content (AvgIpc) is 2.23. The molecular weight excluding hydrogens is 192 g/mol. The number of rotatable bonds is 3. The van der Waals surface area contributed by atoms with E-state index < -0.39 is 0 Å². The second kappa shape index (κ2) is 4.94. The molecule has 1 aliphatic heterocycles. The second-order valence-electron chi connectivity index (χ2n) is 4.45. The summed E-state index contributed by atoms with van der Waals surface area (Å²) in [4.78, 5) is 13.9. The largest absolute Gasteiger partial charge is 0.378 e. The van der Waals surface area contributed by atoms with Crippen molar-refractivity contribution >= 4 is 5.91 Å². The number of amides is 1. The standard InChI is InChI=1S/C11H20N2O2/c1-9(12-10-3-2-4-10)11(14)13-5-7-15-8-6-13/h9-10,12H,2-8H2,1H3. The molecule has 1 atom stereocenters. The van der Waals surface area contributed by atoms with Crippen LogP contribution in [0.25, 0.3) is 0 Å². The van der Waals surface area contributed by atoms with Crippen LogP contribution in [0, 0.1) is 0 Å². The van der Waals surface area contributed by atoms with Crippen LogP contribution in [0.1, 0.15) is 26.2 Å². The maximum absolute atomic E-state index is 12.0. The van der Waals surface area contributed by atoms with Gasteiger partial charge in [0.15, 0.2) is 0 Å². The Balaban J connectivity index is 1.77. The van der Waals surface area contributed by atoms with Gasteiger partial charge in [0.2, 0.25) is 5.91 Å². The fraction of sp³-hybridized carbons (Fsp3) is 0.909. The molecule has 0 aromatic carbocycles. The van der Waals surface area contributed by atoms with Crippen molar-refractivity contribution < 1.29 is 9.53 Å². The number of nitrogens with zero attached hydrogens (tertiary/aromatic N) is 1. The van der Waals surface area contributed by atoms with Crippen LogP contribution >= 0.6 is 0 Å². The highest BCUT2D eigenvalue weighted by atomic mass is 16.5. The van der Waals surface area contributed by atoms with Gasteiger partial charge < -0.3 is 15.0 Å². The van der Waals surface area contributed by atoms with E-state index in [1.165, 1.54) is 19.3 Å². The fourth-order valence-electron chi connectivity index (χ4n) is 2.06. The van der Waals surface area contributed by atoms with Crippen LogP contribution in [0.5, 0.6) is 0 Å². The number of carbonyl (C=O) groups is 1. The SMILES string of the molecule is CC(NC1CCC1)C(=O)N1CCOCC1. The Labute approximate surface area is 91.0 Å². The molecule has 0 bridgehead atoms. The van der Waals surface area contributed by atoms with Gasteiger partial charge in [-0.3, -0.25) is 4.79 Å². The van der Waals surface area contributed by atoms with Crippen LogP contribution < -0.4 is 5.32 Å². The van der Waals surface area contributed by atoms with E-state index in [-0.39, 0.29) is 11.9 Å². The molecule has 4 nitrogen and oxygen atoms in total. The van der Waals surface area contributed by atoms with Crippen molar-refractivity contribution in [1.82, 2.24) is 10.2 Å². The summed E-state index contributed by atoms with van der Waals surface area (Å²) in [5, 5.41) is 3.38. The minimum absolute atomic E-state index is 0.0339. The van der Waals surface area contributed by atoms with E-state index >= 15 is 0 Å². The molecular formula is C11H20N2O2. The minimum Gasteiger partial charge on any atom is -0.378 e. The number of ether oxygens (including phenoxy) is 1. The van der Waals surface area contributed by atoms with Gasteiger partial charge in [-0.05, 0) is 19.8 Å². The lowest BCUT2D eigenvalue weighted by molar-refractivity contribution is -0.137. The van der Waals surface area contributed by atoms with E-state index in [9.17, 15) is 4.79 Å². The molecule has 1 saturated heterocycles. The Bertz CT molecular complexity index is 223. The van der Waals surface area contributed by atoms with Crippen LogP contribution in [0.2, 0.25) is 0 Å². The highest BCUT2D eigenvalue weighted by Gasteiger charge is 2.26. The fourth-order valence-corrected chi connectivity index (χ4v) is 2.06. The van der Waals surface area contributed by atoms with Gasteiger partial charge in [-0.25, -0.2) is 0 Å². The number of hydrogen-bond donors (Lipinski definition) is 1. The first kappa shape index (κ1) is 10.9. The Morgan fingerprint density at radius 2 is 2.07 bits per heavy atom. The smallest absolute Gasteiger partial charge is 0.239 e. The van der Waals surface area contributed by atoms with Gasteiger partial charge in [0, 0.05) is 19.1 Å². The number of hydrogen-bond acceptors (Lipinski definition) is 3. The van der Waals surface area contributed by atoms with Crippen LogP contribution in [0.15, 0.2) is 0 Å². The maximum Gasteiger partial charge on any atom is 0.239 e. The normalized spacial score (nSPS) is 24.7. The summed E-state index contributed by atoms with van der Waals surface area (Å²) in [7, 11) is 0. The third kappa shape index (κ3) is 2.69. The van der Waals surface area contributed by atoms with Gasteiger partial charge in [-0.15, -0.1) is 0 Å². The third-order valence-electron chi connectivity index (χ3n) is 3.28. The molecule has 2 rings (SSSR count). The zero-order valence-corrected chi connectivity index (χ0v) is 9.37. The molecule has 1 amide bonds. The summed E-state index contributed by atoms with van der Waals surface area (Å²) in [5.74, 6) is 0.227. The van der Waals surface area contributed by atoms with Gasteiger partial charge >= 0.3 is 0 Å². The van der Waals surface area contributed by atoms with Crippen LogP contribution in [-0.4, -0.2) is 49.2 Å². The zero-order chi connectivity index (χ0) is 10.7. The summed E-state index contributed by atoms with van der Waals surface area (Å²) >= 11 is 0. The molecule has 1 unspecified atom stereocenters. The number of carbonyl (C=O) groups excluding carboxylic acids is 1. The van der Waals surface area contributed by atoms with Gasteiger partial charge in [0.1, 0.15) is 0 Å². The average molecular weight is 212 g/mol. The molecule has 4 heteroatoms. The van der Waals surface area contributed by atoms with Crippen LogP contribution in [0.4, 0.5) is 0 Å². The lowest BCUT2D eigenvalue weighted by Crippen LogP contribution is -2.52. The Morgan fingerprint density at radius 1 is 1.40 bits per heavy atom. The molecule has 0 aromatic heterocycles. The molecule has 0 spiro atoms. The van der Waals surface area contributed by atoms with Crippen LogP contribution in [0.3, 0.4) is 0 Å². The summed E-state index contributed by atoms with van der Waals surface area (Å²) in [6.07, 6.45) is 3.75. The first-order valence-corrected chi connectivity index (χ1v) is 5.90. The third-order valence-corrected chi connectivity index (χ3v) is 3.28. The molecule has 0 aromatic rings. The summed E-state index contributed by atoms with van der Waals surface area (Å²) in [6, 6.07) is 0.540. The van der Waals surface area contributed by atoms with Crippen molar-refractivity contribution in [3.63, 3.8) is 0 Å². The first-order chi connectivity index (χ1) is 7.27. The molecule has 1 saturated carbocycles. The zero-order valence-electron chi connectivity index (χ0n) is 9.37. The van der Waals surface area contributed by atoms with Crippen molar-refractivity contribution in [2.75, 3.05) is 26.3 Å². The maximum atomic E-state index is 12.0. The van der Waals surface area contributed by atoms with E-state index in [4.69, 9.17) is 4.74 Å². The van der Waals surface area contributed by atoms with E-state index in [0.29, 0.717) is 19.3 Å². The molecule has 86 valence electrons. The lowest BCUT2D eigenvalue weighted by Gasteiger charge is -2.33. The van der Waals surface area contributed by atoms with Gasteiger partial charge in [-0.2, -0.15) is 0 Å².